The first-order valence-electron chi connectivity index (χ1n) is 4.86. The number of nitrogens with two attached hydrogens (primary N) is 1. The van der Waals surface area contributed by atoms with Gasteiger partial charge in [0.25, 0.3) is 0 Å². The standard InChI is InChI=1S/C10H14N2O3S/c11-9(13)4-3-8(10(14)15)12-6-7-2-1-5-16-7/h1-2,5,8,12H,3-4,6H2,(H2,11,13)(H,14,15)/t8-/m0/s1. The zero-order valence-electron chi connectivity index (χ0n) is 8.68. The first-order chi connectivity index (χ1) is 7.59. The molecule has 0 bridgehead atoms. The monoisotopic (exact) mass is 242 g/mol. The Labute approximate surface area is 97.3 Å². The van der Waals surface area contributed by atoms with Gasteiger partial charge in [0.15, 0.2) is 0 Å². The second-order valence-corrected chi connectivity index (χ2v) is 4.39. The molecule has 0 aliphatic heterocycles. The fraction of sp³-hybridized carbons (Fsp3) is 0.400. The fourth-order valence-electron chi connectivity index (χ4n) is 1.24. The second kappa shape index (κ2) is 6.24. The molecule has 16 heavy (non-hydrogen) atoms. The third kappa shape index (κ3) is 4.41. The van der Waals surface area contributed by atoms with E-state index in [1.807, 2.05) is 17.5 Å². The highest BCUT2D eigenvalue weighted by Gasteiger charge is 2.17. The molecule has 0 saturated carbocycles. The molecule has 0 aliphatic rings. The van der Waals surface area contributed by atoms with E-state index in [4.69, 9.17) is 10.8 Å². The minimum Gasteiger partial charge on any atom is -0.480 e. The van der Waals surface area contributed by atoms with E-state index in [1.54, 1.807) is 11.3 Å². The molecule has 0 radical (unpaired) electrons. The zero-order valence-corrected chi connectivity index (χ0v) is 9.50. The smallest absolute Gasteiger partial charge is 0.320 e. The van der Waals surface area contributed by atoms with Crippen LogP contribution in [0.4, 0.5) is 0 Å². The maximum atomic E-state index is 10.9. The largest absolute Gasteiger partial charge is 0.480 e. The fourth-order valence-corrected chi connectivity index (χ4v) is 1.89. The molecule has 6 heteroatoms. The van der Waals surface area contributed by atoms with E-state index >= 15 is 0 Å². The lowest BCUT2D eigenvalue weighted by molar-refractivity contribution is -0.139. The maximum absolute atomic E-state index is 10.9. The molecule has 1 atom stereocenters. The lowest BCUT2D eigenvalue weighted by atomic mass is 10.1. The molecule has 1 aromatic heterocycles. The average Bonchev–Trinajstić information content (AvgIpc) is 2.69. The number of rotatable bonds is 7. The number of aliphatic carboxylic acids is 1. The number of carbonyl (C=O) groups excluding carboxylic acids is 1. The molecule has 0 saturated heterocycles. The van der Waals surface area contributed by atoms with Gasteiger partial charge in [0.2, 0.25) is 5.91 Å². The van der Waals surface area contributed by atoms with Crippen molar-refractivity contribution >= 4 is 23.2 Å². The summed E-state index contributed by atoms with van der Waals surface area (Å²) in [5.74, 6) is -1.44. The average molecular weight is 242 g/mol. The van der Waals surface area contributed by atoms with Gasteiger partial charge in [0, 0.05) is 17.8 Å². The van der Waals surface area contributed by atoms with Gasteiger partial charge in [-0.1, -0.05) is 6.07 Å². The van der Waals surface area contributed by atoms with Crippen molar-refractivity contribution in [2.75, 3.05) is 0 Å². The predicted molar refractivity (Wildman–Crippen MR) is 61.0 cm³/mol. The minimum absolute atomic E-state index is 0.0778. The molecule has 1 aromatic rings. The van der Waals surface area contributed by atoms with Crippen LogP contribution in [0, 0.1) is 0 Å². The molecular weight excluding hydrogens is 228 g/mol. The summed E-state index contributed by atoms with van der Waals surface area (Å²) in [5.41, 5.74) is 4.97. The van der Waals surface area contributed by atoms with Crippen LogP contribution in [-0.2, 0) is 16.1 Å². The molecule has 1 amide bonds. The summed E-state index contributed by atoms with van der Waals surface area (Å²) < 4.78 is 0. The Bertz CT molecular complexity index is 351. The Morgan fingerprint density at radius 1 is 1.56 bits per heavy atom. The highest BCUT2D eigenvalue weighted by molar-refractivity contribution is 7.09. The van der Waals surface area contributed by atoms with Gasteiger partial charge < -0.3 is 10.8 Å². The summed E-state index contributed by atoms with van der Waals surface area (Å²) in [6.07, 6.45) is 0.296. The highest BCUT2D eigenvalue weighted by atomic mass is 32.1. The lowest BCUT2D eigenvalue weighted by Gasteiger charge is -2.12. The van der Waals surface area contributed by atoms with Gasteiger partial charge in [-0.05, 0) is 17.9 Å². The van der Waals surface area contributed by atoms with Crippen LogP contribution in [0.2, 0.25) is 0 Å². The quantitative estimate of drug-likeness (QED) is 0.651. The Morgan fingerprint density at radius 3 is 2.81 bits per heavy atom. The topological polar surface area (TPSA) is 92.4 Å². The van der Waals surface area contributed by atoms with Crippen LogP contribution in [0.5, 0.6) is 0 Å². The highest BCUT2D eigenvalue weighted by Crippen LogP contribution is 2.08. The first-order valence-corrected chi connectivity index (χ1v) is 5.74. The van der Waals surface area contributed by atoms with Crippen molar-refractivity contribution in [1.29, 1.82) is 0 Å². The second-order valence-electron chi connectivity index (χ2n) is 3.36. The number of thiophene rings is 1. The number of primary amides is 1. The summed E-state index contributed by atoms with van der Waals surface area (Å²) in [6.45, 7) is 0.493. The van der Waals surface area contributed by atoms with Crippen LogP contribution in [0.15, 0.2) is 17.5 Å². The van der Waals surface area contributed by atoms with E-state index in [-0.39, 0.29) is 12.8 Å². The lowest BCUT2D eigenvalue weighted by Crippen LogP contribution is -2.36. The van der Waals surface area contributed by atoms with Crippen molar-refractivity contribution in [1.82, 2.24) is 5.32 Å². The third-order valence-electron chi connectivity index (χ3n) is 2.08. The van der Waals surface area contributed by atoms with E-state index in [9.17, 15) is 9.59 Å². The summed E-state index contributed by atoms with van der Waals surface area (Å²) >= 11 is 1.55. The number of hydrogen-bond acceptors (Lipinski definition) is 4. The van der Waals surface area contributed by atoms with Crippen molar-refractivity contribution in [3.63, 3.8) is 0 Å². The third-order valence-corrected chi connectivity index (χ3v) is 2.96. The normalized spacial score (nSPS) is 12.2. The van der Waals surface area contributed by atoms with Crippen molar-refractivity contribution in [2.24, 2.45) is 5.73 Å². The number of carbonyl (C=O) groups is 2. The van der Waals surface area contributed by atoms with Crippen molar-refractivity contribution in [3.8, 4) is 0 Å². The Morgan fingerprint density at radius 2 is 2.31 bits per heavy atom. The van der Waals surface area contributed by atoms with E-state index < -0.39 is 17.9 Å². The summed E-state index contributed by atoms with van der Waals surface area (Å²) in [5, 5.41) is 13.7. The van der Waals surface area contributed by atoms with Gasteiger partial charge >= 0.3 is 5.97 Å². The SMILES string of the molecule is NC(=O)CC[C@H](NCc1cccs1)C(=O)O. The van der Waals surface area contributed by atoms with E-state index in [0.29, 0.717) is 6.54 Å². The Balaban J connectivity index is 2.39. The minimum atomic E-state index is -0.960. The van der Waals surface area contributed by atoms with Crippen LogP contribution in [-0.4, -0.2) is 23.0 Å². The number of carboxylic acid groups (broad SMARTS) is 1. The van der Waals surface area contributed by atoms with E-state index in [0.717, 1.165) is 4.88 Å². The molecule has 0 aliphatic carbocycles. The van der Waals surface area contributed by atoms with Gasteiger partial charge in [-0.15, -0.1) is 11.3 Å². The maximum Gasteiger partial charge on any atom is 0.320 e. The van der Waals surface area contributed by atoms with Crippen LogP contribution in [0.1, 0.15) is 17.7 Å². The Kier molecular flexibility index (Phi) is 4.94. The van der Waals surface area contributed by atoms with Gasteiger partial charge in [-0.25, -0.2) is 0 Å². The van der Waals surface area contributed by atoms with Crippen LogP contribution < -0.4 is 11.1 Å². The molecule has 0 aromatic carbocycles. The summed E-state index contributed by atoms with van der Waals surface area (Å²) in [6, 6.07) is 3.10. The molecule has 4 N–H and O–H groups in total. The molecule has 1 heterocycles. The van der Waals surface area contributed by atoms with Gasteiger partial charge in [-0.2, -0.15) is 0 Å². The molecule has 5 nitrogen and oxygen atoms in total. The van der Waals surface area contributed by atoms with Crippen LogP contribution >= 0.6 is 11.3 Å². The molecule has 1 rings (SSSR count). The van der Waals surface area contributed by atoms with Gasteiger partial charge in [0.1, 0.15) is 6.04 Å². The first kappa shape index (κ1) is 12.7. The molecule has 0 spiro atoms. The van der Waals surface area contributed by atoms with Crippen LogP contribution in [0.25, 0.3) is 0 Å². The van der Waals surface area contributed by atoms with E-state index in [1.165, 1.54) is 0 Å². The Hall–Kier alpha value is -1.40. The summed E-state index contributed by atoms with van der Waals surface area (Å²) in [7, 11) is 0. The van der Waals surface area contributed by atoms with Crippen LogP contribution in [0.3, 0.4) is 0 Å². The molecular formula is C10H14N2O3S. The number of nitrogens with one attached hydrogen (secondary N) is 1. The number of amides is 1. The van der Waals surface area contributed by atoms with Gasteiger partial charge in [-0.3, -0.25) is 14.9 Å². The summed E-state index contributed by atoms with van der Waals surface area (Å²) in [4.78, 5) is 22.5. The zero-order chi connectivity index (χ0) is 12.0. The van der Waals surface area contributed by atoms with E-state index in [2.05, 4.69) is 5.32 Å². The molecule has 88 valence electrons. The number of hydrogen-bond donors (Lipinski definition) is 3. The predicted octanol–water partition coefficient (Wildman–Crippen LogP) is 0.556. The number of carboxylic acids is 1. The van der Waals surface area contributed by atoms with Crippen molar-refractivity contribution in [3.05, 3.63) is 22.4 Å². The van der Waals surface area contributed by atoms with Gasteiger partial charge in [0.05, 0.1) is 0 Å². The van der Waals surface area contributed by atoms with Crippen molar-refractivity contribution < 1.29 is 14.7 Å². The molecule has 0 fully saturated rings. The van der Waals surface area contributed by atoms with Crippen molar-refractivity contribution in [2.45, 2.75) is 25.4 Å². The molecule has 0 unspecified atom stereocenters.